The van der Waals surface area contributed by atoms with Crippen molar-refractivity contribution in [3.8, 4) is 0 Å². The summed E-state index contributed by atoms with van der Waals surface area (Å²) in [7, 11) is 0. The van der Waals surface area contributed by atoms with E-state index in [9.17, 15) is 9.18 Å². The van der Waals surface area contributed by atoms with Gasteiger partial charge in [0, 0.05) is 24.0 Å². The number of thioether (sulfide) groups is 1. The first-order chi connectivity index (χ1) is 9.68. The molecule has 1 aromatic carbocycles. The zero-order valence-electron chi connectivity index (χ0n) is 12.1. The largest absolute Gasteiger partial charge is 0.355 e. The average Bonchev–Trinajstić information content (AvgIpc) is 2.38. The van der Waals surface area contributed by atoms with Crippen LogP contribution in [-0.2, 0) is 10.5 Å². The monoisotopic (exact) mass is 332 g/mol. The molecule has 1 aliphatic heterocycles. The van der Waals surface area contributed by atoms with Gasteiger partial charge in [-0.05, 0) is 30.6 Å². The molecule has 1 heterocycles. The highest BCUT2D eigenvalue weighted by Crippen LogP contribution is 2.16. The summed E-state index contributed by atoms with van der Waals surface area (Å²) >= 11 is 1.64. The van der Waals surface area contributed by atoms with Gasteiger partial charge in [0.15, 0.2) is 0 Å². The minimum atomic E-state index is -0.157. The molecular weight excluding hydrogens is 311 g/mol. The lowest BCUT2D eigenvalue weighted by Gasteiger charge is -2.31. The van der Waals surface area contributed by atoms with E-state index in [1.807, 2.05) is 13.0 Å². The minimum Gasteiger partial charge on any atom is -0.355 e. The van der Waals surface area contributed by atoms with Gasteiger partial charge < -0.3 is 10.6 Å². The first-order valence-electron chi connectivity index (χ1n) is 6.98. The first kappa shape index (κ1) is 18.3. The molecule has 0 aromatic heterocycles. The number of halogens is 2. The molecule has 21 heavy (non-hydrogen) atoms. The van der Waals surface area contributed by atoms with Crippen LogP contribution in [0.1, 0.15) is 12.5 Å². The average molecular weight is 333 g/mol. The van der Waals surface area contributed by atoms with Crippen LogP contribution in [0.3, 0.4) is 0 Å². The zero-order valence-corrected chi connectivity index (χ0v) is 13.7. The maximum atomic E-state index is 13.4. The van der Waals surface area contributed by atoms with Crippen LogP contribution < -0.4 is 10.6 Å². The maximum absolute atomic E-state index is 13.4. The normalized spacial score (nSPS) is 15.7. The minimum absolute atomic E-state index is 0. The molecule has 6 heteroatoms. The molecule has 118 valence electrons. The van der Waals surface area contributed by atoms with Crippen molar-refractivity contribution < 1.29 is 9.18 Å². The van der Waals surface area contributed by atoms with Crippen LogP contribution >= 0.6 is 24.2 Å². The van der Waals surface area contributed by atoms with E-state index in [-0.39, 0.29) is 30.0 Å². The summed E-state index contributed by atoms with van der Waals surface area (Å²) in [5.74, 6) is 1.97. The van der Waals surface area contributed by atoms with E-state index in [1.165, 1.54) is 6.07 Å². The molecule has 0 spiro atoms. The number of nitrogens with one attached hydrogen (secondary N) is 2. The molecule has 0 radical (unpaired) electrons. The number of amides is 1. The van der Waals surface area contributed by atoms with Gasteiger partial charge in [0.2, 0.25) is 5.91 Å². The number of benzene rings is 1. The van der Waals surface area contributed by atoms with Crippen molar-refractivity contribution >= 4 is 30.1 Å². The van der Waals surface area contributed by atoms with Crippen molar-refractivity contribution in [1.29, 1.82) is 0 Å². The third-order valence-electron chi connectivity index (χ3n) is 3.69. The second-order valence-electron chi connectivity index (χ2n) is 5.14. The topological polar surface area (TPSA) is 41.1 Å². The lowest BCUT2D eigenvalue weighted by molar-refractivity contribution is -0.126. The zero-order chi connectivity index (χ0) is 14.4. The fourth-order valence-electron chi connectivity index (χ4n) is 2.08. The van der Waals surface area contributed by atoms with Crippen molar-refractivity contribution in [1.82, 2.24) is 10.6 Å². The number of hydrogen-bond acceptors (Lipinski definition) is 3. The third kappa shape index (κ3) is 5.49. The third-order valence-corrected chi connectivity index (χ3v) is 4.70. The van der Waals surface area contributed by atoms with Crippen molar-refractivity contribution in [3.63, 3.8) is 0 Å². The maximum Gasteiger partial charge on any atom is 0.223 e. The molecule has 0 aliphatic carbocycles. The summed E-state index contributed by atoms with van der Waals surface area (Å²) in [6.07, 6.45) is 0. The van der Waals surface area contributed by atoms with Crippen LogP contribution in [0.25, 0.3) is 0 Å². The molecule has 1 amide bonds. The van der Waals surface area contributed by atoms with Gasteiger partial charge in [-0.3, -0.25) is 4.79 Å². The summed E-state index contributed by atoms with van der Waals surface area (Å²) in [6.45, 7) is 4.50. The van der Waals surface area contributed by atoms with Crippen LogP contribution in [0.4, 0.5) is 4.39 Å². The molecule has 1 aromatic rings. The molecule has 3 nitrogen and oxygen atoms in total. The Labute approximate surface area is 135 Å². The fraction of sp³-hybridized carbons (Fsp3) is 0.533. The van der Waals surface area contributed by atoms with Crippen LogP contribution in [0, 0.1) is 17.7 Å². The lowest BCUT2D eigenvalue weighted by atomic mass is 9.88. The number of carbonyl (C=O) groups excluding carboxylic acids is 1. The molecule has 0 saturated carbocycles. The molecule has 1 aliphatic rings. The Hall–Kier alpha value is -0.780. The van der Waals surface area contributed by atoms with Crippen LogP contribution in [0.15, 0.2) is 24.3 Å². The summed E-state index contributed by atoms with van der Waals surface area (Å²) in [5.41, 5.74) is 0.720. The van der Waals surface area contributed by atoms with Crippen LogP contribution in [0.2, 0.25) is 0 Å². The van der Waals surface area contributed by atoms with Gasteiger partial charge in [-0.2, -0.15) is 11.8 Å². The van der Waals surface area contributed by atoms with E-state index in [2.05, 4.69) is 10.6 Å². The molecule has 2 N–H and O–H groups in total. The second-order valence-corrected chi connectivity index (χ2v) is 6.25. The quantitative estimate of drug-likeness (QED) is 0.754. The predicted molar refractivity (Wildman–Crippen MR) is 88.3 cm³/mol. The predicted octanol–water partition coefficient (Wildman–Crippen LogP) is 2.45. The number of carbonyl (C=O) groups is 1. The van der Waals surface area contributed by atoms with Crippen molar-refractivity contribution in [2.24, 2.45) is 11.8 Å². The lowest BCUT2D eigenvalue weighted by Crippen LogP contribution is -2.49. The highest BCUT2D eigenvalue weighted by atomic mass is 35.5. The summed E-state index contributed by atoms with van der Waals surface area (Å²) in [5, 5.41) is 6.13. The standard InChI is InChI=1S/C15H21FN2OS.ClH/c1-11(13-8-17-9-13)15(19)18-6-7-20-10-12-4-2-3-5-14(12)16;/h2-5,11,13,17H,6-10H2,1H3,(H,18,19);1H. The van der Waals surface area contributed by atoms with Gasteiger partial charge in [0.1, 0.15) is 5.82 Å². The molecule has 0 bridgehead atoms. The van der Waals surface area contributed by atoms with Gasteiger partial charge in [0.05, 0.1) is 0 Å². The van der Waals surface area contributed by atoms with E-state index in [1.54, 1.807) is 23.9 Å². The van der Waals surface area contributed by atoms with Gasteiger partial charge in [-0.25, -0.2) is 4.39 Å². The smallest absolute Gasteiger partial charge is 0.223 e. The van der Waals surface area contributed by atoms with Crippen molar-refractivity contribution in [2.75, 3.05) is 25.4 Å². The Bertz CT molecular complexity index is 457. The highest BCUT2D eigenvalue weighted by molar-refractivity contribution is 7.98. The van der Waals surface area contributed by atoms with E-state index in [0.29, 0.717) is 18.2 Å². The van der Waals surface area contributed by atoms with E-state index in [0.717, 1.165) is 24.4 Å². The Morgan fingerprint density at radius 2 is 2.19 bits per heavy atom. The molecule has 1 fully saturated rings. The van der Waals surface area contributed by atoms with Gasteiger partial charge in [0.25, 0.3) is 0 Å². The molecule has 1 unspecified atom stereocenters. The number of hydrogen-bond donors (Lipinski definition) is 2. The van der Waals surface area contributed by atoms with E-state index < -0.39 is 0 Å². The van der Waals surface area contributed by atoms with Gasteiger partial charge >= 0.3 is 0 Å². The number of rotatable bonds is 7. The highest BCUT2D eigenvalue weighted by Gasteiger charge is 2.28. The summed E-state index contributed by atoms with van der Waals surface area (Å²) in [6, 6.07) is 6.81. The van der Waals surface area contributed by atoms with Crippen LogP contribution in [-0.4, -0.2) is 31.3 Å². The van der Waals surface area contributed by atoms with Gasteiger partial charge in [-0.15, -0.1) is 12.4 Å². The Balaban J connectivity index is 0.00000220. The van der Waals surface area contributed by atoms with Crippen LogP contribution in [0.5, 0.6) is 0 Å². The fourth-order valence-corrected chi connectivity index (χ4v) is 2.93. The van der Waals surface area contributed by atoms with E-state index in [4.69, 9.17) is 0 Å². The Kier molecular flexibility index (Phi) is 8.07. The van der Waals surface area contributed by atoms with Gasteiger partial charge in [-0.1, -0.05) is 25.1 Å². The first-order valence-corrected chi connectivity index (χ1v) is 8.13. The second kappa shape index (κ2) is 9.28. The SMILES string of the molecule is CC(C(=O)NCCSCc1ccccc1F)C1CNC1.Cl. The Morgan fingerprint density at radius 3 is 2.81 bits per heavy atom. The Morgan fingerprint density at radius 1 is 1.48 bits per heavy atom. The molecule has 2 rings (SSSR count). The molecule has 1 saturated heterocycles. The summed E-state index contributed by atoms with van der Waals surface area (Å²) in [4.78, 5) is 11.9. The van der Waals surface area contributed by atoms with Crippen molar-refractivity contribution in [3.05, 3.63) is 35.6 Å². The summed E-state index contributed by atoms with van der Waals surface area (Å²) < 4.78 is 13.4. The van der Waals surface area contributed by atoms with Crippen molar-refractivity contribution in [2.45, 2.75) is 12.7 Å². The molecular formula is C15H22ClFN2OS. The van der Waals surface area contributed by atoms with E-state index >= 15 is 0 Å². The molecule has 1 atom stereocenters.